The molecule has 0 spiro atoms. The second kappa shape index (κ2) is 6.09. The fourth-order valence-corrected chi connectivity index (χ4v) is 3.19. The highest BCUT2D eigenvalue weighted by atomic mass is 35.5. The van der Waals surface area contributed by atoms with Crippen LogP contribution in [0.15, 0.2) is 39.1 Å². The van der Waals surface area contributed by atoms with Crippen molar-refractivity contribution in [2.75, 3.05) is 5.73 Å². The summed E-state index contributed by atoms with van der Waals surface area (Å²) in [6.07, 6.45) is 2.46. The van der Waals surface area contributed by atoms with Crippen molar-refractivity contribution in [3.05, 3.63) is 45.2 Å². The van der Waals surface area contributed by atoms with Crippen LogP contribution in [0, 0.1) is 0 Å². The molecule has 1 aromatic carbocycles. The van der Waals surface area contributed by atoms with Gasteiger partial charge in [-0.1, -0.05) is 23.7 Å². The van der Waals surface area contributed by atoms with Gasteiger partial charge in [0.25, 0.3) is 5.56 Å². The van der Waals surface area contributed by atoms with E-state index < -0.39 is 0 Å². The Bertz CT molecular complexity index is 714. The lowest BCUT2D eigenvalue weighted by Crippen LogP contribution is -2.16. The average Bonchev–Trinajstić information content (AvgIpc) is 3.22. The number of anilines is 1. The summed E-state index contributed by atoms with van der Waals surface area (Å²) in [6.45, 7) is 0.750. The molecule has 0 amide bonds. The number of H-pyrrole nitrogens is 1. The first kappa shape index (κ1) is 14.4. The minimum Gasteiger partial charge on any atom is -0.383 e. The first-order chi connectivity index (χ1) is 10.1. The van der Waals surface area contributed by atoms with E-state index in [2.05, 4.69) is 15.3 Å². The smallest absolute Gasteiger partial charge is 0.253 e. The molecule has 1 aliphatic rings. The van der Waals surface area contributed by atoms with Crippen molar-refractivity contribution in [3.63, 3.8) is 0 Å². The van der Waals surface area contributed by atoms with E-state index in [0.29, 0.717) is 16.2 Å². The molecule has 0 atom stereocenters. The minimum absolute atomic E-state index is 0.200. The van der Waals surface area contributed by atoms with Gasteiger partial charge in [0.1, 0.15) is 5.82 Å². The van der Waals surface area contributed by atoms with Crippen molar-refractivity contribution in [2.24, 2.45) is 0 Å². The molecule has 7 heteroatoms. The number of benzene rings is 1. The maximum Gasteiger partial charge on any atom is 0.253 e. The third kappa shape index (κ3) is 3.78. The molecule has 21 heavy (non-hydrogen) atoms. The molecule has 1 heterocycles. The molecule has 0 radical (unpaired) electrons. The summed E-state index contributed by atoms with van der Waals surface area (Å²) in [6, 6.07) is 7.65. The number of rotatable bonds is 5. The SMILES string of the molecule is Nc1cc(=O)[nH]c(Sc2c(Cl)cccc2CNC2CC2)n1. The summed E-state index contributed by atoms with van der Waals surface area (Å²) in [7, 11) is 0. The van der Waals surface area contributed by atoms with Gasteiger partial charge in [0.15, 0.2) is 5.16 Å². The Labute approximate surface area is 131 Å². The van der Waals surface area contributed by atoms with Crippen LogP contribution in [-0.4, -0.2) is 16.0 Å². The molecule has 3 rings (SSSR count). The van der Waals surface area contributed by atoms with Gasteiger partial charge in [0.2, 0.25) is 0 Å². The van der Waals surface area contributed by atoms with E-state index in [1.54, 1.807) is 0 Å². The third-order valence-electron chi connectivity index (χ3n) is 3.15. The second-order valence-electron chi connectivity index (χ2n) is 4.96. The molecule has 1 aliphatic carbocycles. The minimum atomic E-state index is -0.269. The first-order valence-corrected chi connectivity index (χ1v) is 7.87. The largest absolute Gasteiger partial charge is 0.383 e. The normalized spacial score (nSPS) is 14.3. The fraction of sp³-hybridized carbons (Fsp3) is 0.286. The number of nitrogens with zero attached hydrogens (tertiary/aromatic N) is 1. The lowest BCUT2D eigenvalue weighted by Gasteiger charge is -2.11. The van der Waals surface area contributed by atoms with Crippen molar-refractivity contribution in [1.29, 1.82) is 0 Å². The molecule has 0 aliphatic heterocycles. The first-order valence-electron chi connectivity index (χ1n) is 6.67. The summed E-state index contributed by atoms with van der Waals surface area (Å²) in [5.74, 6) is 0.200. The number of hydrogen-bond acceptors (Lipinski definition) is 5. The summed E-state index contributed by atoms with van der Waals surface area (Å²) >= 11 is 7.61. The van der Waals surface area contributed by atoms with Crippen LogP contribution in [0.5, 0.6) is 0 Å². The number of nitrogen functional groups attached to an aromatic ring is 1. The van der Waals surface area contributed by atoms with Crippen molar-refractivity contribution >= 4 is 29.2 Å². The van der Waals surface area contributed by atoms with E-state index >= 15 is 0 Å². The van der Waals surface area contributed by atoms with E-state index in [4.69, 9.17) is 17.3 Å². The maximum absolute atomic E-state index is 11.5. The molecular weight excluding hydrogens is 308 g/mol. The number of hydrogen-bond donors (Lipinski definition) is 3. The quantitative estimate of drug-likeness (QED) is 0.736. The van der Waals surface area contributed by atoms with Gasteiger partial charge in [0, 0.05) is 23.5 Å². The molecule has 5 nitrogen and oxygen atoms in total. The Morgan fingerprint density at radius 2 is 2.29 bits per heavy atom. The number of aromatic amines is 1. The zero-order valence-corrected chi connectivity index (χ0v) is 12.8. The number of nitrogens with two attached hydrogens (primary N) is 1. The lowest BCUT2D eigenvalue weighted by molar-refractivity contribution is 0.680. The maximum atomic E-state index is 11.5. The molecule has 4 N–H and O–H groups in total. The van der Waals surface area contributed by atoms with E-state index in [9.17, 15) is 4.79 Å². The van der Waals surface area contributed by atoms with Gasteiger partial charge in [-0.3, -0.25) is 4.79 Å². The van der Waals surface area contributed by atoms with E-state index in [1.165, 1.54) is 30.7 Å². The highest BCUT2D eigenvalue weighted by Crippen LogP contribution is 2.34. The predicted molar refractivity (Wildman–Crippen MR) is 84.7 cm³/mol. The van der Waals surface area contributed by atoms with E-state index in [1.807, 2.05) is 18.2 Å². The zero-order chi connectivity index (χ0) is 14.8. The van der Waals surface area contributed by atoms with Gasteiger partial charge < -0.3 is 16.0 Å². The second-order valence-corrected chi connectivity index (χ2v) is 6.37. The molecular formula is C14H15ClN4OS. The molecule has 0 bridgehead atoms. The average molecular weight is 323 g/mol. The van der Waals surface area contributed by atoms with Gasteiger partial charge in [-0.05, 0) is 36.2 Å². The Morgan fingerprint density at radius 3 is 3.00 bits per heavy atom. The molecule has 0 unspecified atom stereocenters. The summed E-state index contributed by atoms with van der Waals surface area (Å²) in [5.41, 5.74) is 6.42. The van der Waals surface area contributed by atoms with Crippen molar-refractivity contribution in [3.8, 4) is 0 Å². The third-order valence-corrected chi connectivity index (χ3v) is 4.65. The molecule has 0 saturated heterocycles. The van der Waals surface area contributed by atoms with Crippen molar-refractivity contribution in [2.45, 2.75) is 35.5 Å². The Morgan fingerprint density at radius 1 is 1.48 bits per heavy atom. The molecule has 1 aromatic heterocycles. The van der Waals surface area contributed by atoms with Gasteiger partial charge in [-0.25, -0.2) is 4.98 Å². The summed E-state index contributed by atoms with van der Waals surface area (Å²) in [4.78, 5) is 19.1. The van der Waals surface area contributed by atoms with Crippen molar-refractivity contribution in [1.82, 2.24) is 15.3 Å². The van der Waals surface area contributed by atoms with Gasteiger partial charge >= 0.3 is 0 Å². The Balaban J connectivity index is 1.87. The van der Waals surface area contributed by atoms with Gasteiger partial charge in [-0.15, -0.1) is 0 Å². The van der Waals surface area contributed by atoms with Crippen LogP contribution in [0.3, 0.4) is 0 Å². The predicted octanol–water partition coefficient (Wildman–Crippen LogP) is 2.41. The van der Waals surface area contributed by atoms with Crippen LogP contribution in [0.1, 0.15) is 18.4 Å². The zero-order valence-electron chi connectivity index (χ0n) is 11.2. The van der Waals surface area contributed by atoms with Crippen LogP contribution in [-0.2, 0) is 6.54 Å². The highest BCUT2D eigenvalue weighted by molar-refractivity contribution is 7.99. The van der Waals surface area contributed by atoms with Crippen LogP contribution in [0.4, 0.5) is 5.82 Å². The Kier molecular flexibility index (Phi) is 4.19. The fourth-order valence-electron chi connectivity index (χ4n) is 1.95. The Hall–Kier alpha value is -1.50. The number of halogens is 1. The monoisotopic (exact) mass is 322 g/mol. The lowest BCUT2D eigenvalue weighted by atomic mass is 10.2. The van der Waals surface area contributed by atoms with Gasteiger partial charge in [-0.2, -0.15) is 0 Å². The summed E-state index contributed by atoms with van der Waals surface area (Å²) < 4.78 is 0. The van der Waals surface area contributed by atoms with Crippen LogP contribution < -0.4 is 16.6 Å². The van der Waals surface area contributed by atoms with Gasteiger partial charge in [0.05, 0.1) is 5.02 Å². The molecule has 1 saturated carbocycles. The number of nitrogens with one attached hydrogen (secondary N) is 2. The summed E-state index contributed by atoms with van der Waals surface area (Å²) in [5, 5.41) is 4.54. The molecule has 110 valence electrons. The van der Waals surface area contributed by atoms with Crippen molar-refractivity contribution < 1.29 is 0 Å². The topological polar surface area (TPSA) is 83.8 Å². The van der Waals surface area contributed by atoms with Crippen LogP contribution in [0.2, 0.25) is 5.02 Å². The molecule has 2 aromatic rings. The van der Waals surface area contributed by atoms with E-state index in [-0.39, 0.29) is 11.4 Å². The van der Waals surface area contributed by atoms with Crippen LogP contribution >= 0.6 is 23.4 Å². The van der Waals surface area contributed by atoms with Crippen LogP contribution in [0.25, 0.3) is 0 Å². The number of aromatic nitrogens is 2. The van der Waals surface area contributed by atoms with E-state index in [0.717, 1.165) is 17.0 Å². The molecule has 1 fully saturated rings. The highest BCUT2D eigenvalue weighted by Gasteiger charge is 2.21. The standard InChI is InChI=1S/C14H15ClN4OS/c15-10-3-1-2-8(7-17-9-4-5-9)13(10)21-14-18-11(16)6-12(20)19-14/h1-3,6,9,17H,4-5,7H2,(H3,16,18,19,20).